The van der Waals surface area contributed by atoms with Crippen LogP contribution < -0.4 is 9.62 Å². The van der Waals surface area contributed by atoms with Gasteiger partial charge in [-0.15, -0.1) is 0 Å². The van der Waals surface area contributed by atoms with E-state index in [0.717, 1.165) is 52.2 Å². The number of aryl methyl sites for hydroxylation is 3. The molecule has 1 aliphatic carbocycles. The number of nitrogens with zero attached hydrogens (tertiary/aromatic N) is 2. The molecule has 7 nitrogen and oxygen atoms in total. The predicted molar refractivity (Wildman–Crippen MR) is 158 cm³/mol. The Kier molecular flexibility index (Phi) is 9.30. The van der Waals surface area contributed by atoms with Crippen molar-refractivity contribution in [2.24, 2.45) is 0 Å². The first kappa shape index (κ1) is 29.3. The molecule has 0 heterocycles. The smallest absolute Gasteiger partial charge is 0.264 e. The van der Waals surface area contributed by atoms with Crippen LogP contribution in [0.2, 0.25) is 0 Å². The third-order valence-electron chi connectivity index (χ3n) is 7.69. The number of benzene rings is 3. The molecule has 1 fully saturated rings. The van der Waals surface area contributed by atoms with Crippen LogP contribution in [0.25, 0.3) is 0 Å². The molecule has 1 saturated carbocycles. The highest BCUT2D eigenvalue weighted by atomic mass is 32.2. The van der Waals surface area contributed by atoms with Crippen molar-refractivity contribution in [2.45, 2.75) is 76.9 Å². The Hall–Kier alpha value is -3.65. The molecule has 2 amide bonds. The van der Waals surface area contributed by atoms with E-state index in [0.29, 0.717) is 5.69 Å². The predicted octanol–water partition coefficient (Wildman–Crippen LogP) is 5.28. The molecule has 4 rings (SSSR count). The summed E-state index contributed by atoms with van der Waals surface area (Å²) in [6.07, 6.45) is 4.02. The number of nitrogens with one attached hydrogen (secondary N) is 1. The fraction of sp³-hybridized carbons (Fsp3) is 0.375. The first-order chi connectivity index (χ1) is 19.1. The number of carbonyl (C=O) groups excluding carboxylic acids is 2. The summed E-state index contributed by atoms with van der Waals surface area (Å²) in [5.41, 5.74) is 4.25. The topological polar surface area (TPSA) is 86.8 Å². The number of hydrogen-bond donors (Lipinski definition) is 1. The number of amides is 2. The van der Waals surface area contributed by atoms with Gasteiger partial charge >= 0.3 is 0 Å². The minimum Gasteiger partial charge on any atom is -0.352 e. The standard InChI is InChI=1S/C32H39N3O4S/c1-23-11-10-12-27(19-23)21-34(26(4)32(37)33-28-13-8-9-14-28)31(36)22-35(29-18-17-24(2)25(3)20-29)40(38,39)30-15-6-5-7-16-30/h5-7,10-12,15-20,26,28H,8-9,13-14,21-22H2,1-4H3,(H,33,37). The zero-order valence-electron chi connectivity index (χ0n) is 23.8. The van der Waals surface area contributed by atoms with Gasteiger partial charge in [-0.1, -0.05) is 66.9 Å². The molecular formula is C32H39N3O4S. The summed E-state index contributed by atoms with van der Waals surface area (Å²) >= 11 is 0. The maximum Gasteiger partial charge on any atom is 0.264 e. The second kappa shape index (κ2) is 12.7. The molecule has 0 aliphatic heterocycles. The quantitative estimate of drug-likeness (QED) is 0.365. The lowest BCUT2D eigenvalue weighted by Crippen LogP contribution is -2.52. The van der Waals surface area contributed by atoms with Crippen LogP contribution in [0.5, 0.6) is 0 Å². The summed E-state index contributed by atoms with van der Waals surface area (Å²) < 4.78 is 29.0. The zero-order valence-corrected chi connectivity index (χ0v) is 24.6. The van der Waals surface area contributed by atoms with E-state index in [1.807, 2.05) is 51.1 Å². The first-order valence-electron chi connectivity index (χ1n) is 13.9. The zero-order chi connectivity index (χ0) is 28.9. The largest absolute Gasteiger partial charge is 0.352 e. The SMILES string of the molecule is Cc1cccc(CN(C(=O)CN(c2ccc(C)c(C)c2)S(=O)(=O)c2ccccc2)C(C)C(=O)NC2CCCC2)c1. The Morgan fingerprint density at radius 2 is 1.60 bits per heavy atom. The van der Waals surface area contributed by atoms with Crippen molar-refractivity contribution in [3.63, 3.8) is 0 Å². The summed E-state index contributed by atoms with van der Waals surface area (Å²) in [6.45, 7) is 7.30. The van der Waals surface area contributed by atoms with Gasteiger partial charge in [0.15, 0.2) is 0 Å². The molecule has 40 heavy (non-hydrogen) atoms. The molecule has 212 valence electrons. The third kappa shape index (κ3) is 6.91. The average Bonchev–Trinajstić information content (AvgIpc) is 3.45. The van der Waals surface area contributed by atoms with Crippen LogP contribution in [0, 0.1) is 20.8 Å². The lowest BCUT2D eigenvalue weighted by atomic mass is 10.1. The molecule has 0 spiro atoms. The molecule has 8 heteroatoms. The molecule has 0 bridgehead atoms. The molecule has 1 aliphatic rings. The van der Waals surface area contributed by atoms with Crippen LogP contribution in [0.15, 0.2) is 77.7 Å². The Bertz CT molecular complexity index is 1450. The molecular weight excluding hydrogens is 522 g/mol. The fourth-order valence-corrected chi connectivity index (χ4v) is 6.54. The Balaban J connectivity index is 1.69. The molecule has 0 aromatic heterocycles. The van der Waals surface area contributed by atoms with Crippen LogP contribution in [0.1, 0.15) is 54.9 Å². The second-order valence-electron chi connectivity index (χ2n) is 10.8. The van der Waals surface area contributed by atoms with E-state index in [2.05, 4.69) is 5.32 Å². The van der Waals surface area contributed by atoms with Crippen LogP contribution in [-0.4, -0.2) is 43.8 Å². The van der Waals surface area contributed by atoms with Gasteiger partial charge in [0.2, 0.25) is 11.8 Å². The summed E-state index contributed by atoms with van der Waals surface area (Å²) in [4.78, 5) is 29.0. The van der Waals surface area contributed by atoms with Crippen molar-refractivity contribution >= 4 is 27.5 Å². The van der Waals surface area contributed by atoms with Gasteiger partial charge in [0, 0.05) is 12.6 Å². The van der Waals surface area contributed by atoms with E-state index < -0.39 is 28.5 Å². The van der Waals surface area contributed by atoms with Gasteiger partial charge in [-0.3, -0.25) is 13.9 Å². The van der Waals surface area contributed by atoms with Crippen LogP contribution in [0.3, 0.4) is 0 Å². The van der Waals surface area contributed by atoms with Crippen molar-refractivity contribution in [2.75, 3.05) is 10.8 Å². The van der Waals surface area contributed by atoms with E-state index in [4.69, 9.17) is 0 Å². The second-order valence-corrected chi connectivity index (χ2v) is 12.6. The lowest BCUT2D eigenvalue weighted by molar-refractivity contribution is -0.139. The van der Waals surface area contributed by atoms with Gasteiger partial charge in [-0.05, 0) is 81.5 Å². The average molecular weight is 562 g/mol. The van der Waals surface area contributed by atoms with Crippen LogP contribution >= 0.6 is 0 Å². The fourth-order valence-electron chi connectivity index (χ4n) is 5.11. The molecule has 1 unspecified atom stereocenters. The van der Waals surface area contributed by atoms with Crippen LogP contribution in [0.4, 0.5) is 5.69 Å². The van der Waals surface area contributed by atoms with E-state index in [9.17, 15) is 18.0 Å². The number of anilines is 1. The summed E-state index contributed by atoms with van der Waals surface area (Å²) in [5.74, 6) is -0.676. The Morgan fingerprint density at radius 1 is 0.900 bits per heavy atom. The van der Waals surface area contributed by atoms with E-state index in [1.165, 1.54) is 17.0 Å². The van der Waals surface area contributed by atoms with Crippen molar-refractivity contribution in [1.82, 2.24) is 10.2 Å². The van der Waals surface area contributed by atoms with Crippen molar-refractivity contribution in [1.29, 1.82) is 0 Å². The minimum absolute atomic E-state index is 0.0956. The summed E-state index contributed by atoms with van der Waals surface area (Å²) in [7, 11) is -4.07. The summed E-state index contributed by atoms with van der Waals surface area (Å²) in [5, 5.41) is 3.10. The van der Waals surface area contributed by atoms with Gasteiger partial charge in [0.1, 0.15) is 12.6 Å². The summed E-state index contributed by atoms with van der Waals surface area (Å²) in [6, 6.07) is 20.6. The van der Waals surface area contributed by atoms with Crippen molar-refractivity contribution in [3.8, 4) is 0 Å². The van der Waals surface area contributed by atoms with Gasteiger partial charge in [0.05, 0.1) is 10.6 Å². The lowest BCUT2D eigenvalue weighted by Gasteiger charge is -2.32. The number of sulfonamides is 1. The molecule has 3 aromatic carbocycles. The van der Waals surface area contributed by atoms with Gasteiger partial charge in [0.25, 0.3) is 10.0 Å². The monoisotopic (exact) mass is 561 g/mol. The van der Waals surface area contributed by atoms with Crippen molar-refractivity contribution in [3.05, 3.63) is 95.1 Å². The van der Waals surface area contributed by atoms with E-state index in [-0.39, 0.29) is 23.4 Å². The molecule has 3 aromatic rings. The Morgan fingerprint density at radius 3 is 2.25 bits per heavy atom. The molecule has 0 saturated heterocycles. The molecule has 1 atom stereocenters. The Labute approximate surface area is 238 Å². The molecule has 0 radical (unpaired) electrons. The van der Waals surface area contributed by atoms with Crippen LogP contribution in [-0.2, 0) is 26.2 Å². The normalized spacial score (nSPS) is 14.5. The maximum atomic E-state index is 14.1. The minimum atomic E-state index is -4.07. The number of rotatable bonds is 10. The third-order valence-corrected chi connectivity index (χ3v) is 9.48. The van der Waals surface area contributed by atoms with Gasteiger partial charge < -0.3 is 10.2 Å². The van der Waals surface area contributed by atoms with Gasteiger partial charge in [-0.25, -0.2) is 8.42 Å². The van der Waals surface area contributed by atoms with Crippen molar-refractivity contribution < 1.29 is 18.0 Å². The van der Waals surface area contributed by atoms with E-state index in [1.54, 1.807) is 37.3 Å². The number of hydrogen-bond acceptors (Lipinski definition) is 4. The first-order valence-corrected chi connectivity index (χ1v) is 15.3. The highest BCUT2D eigenvalue weighted by Gasteiger charge is 2.33. The maximum absolute atomic E-state index is 14.1. The van der Waals surface area contributed by atoms with Gasteiger partial charge in [-0.2, -0.15) is 0 Å². The highest BCUT2D eigenvalue weighted by molar-refractivity contribution is 7.92. The molecule has 1 N–H and O–H groups in total. The number of carbonyl (C=O) groups is 2. The highest BCUT2D eigenvalue weighted by Crippen LogP contribution is 2.27. The van der Waals surface area contributed by atoms with E-state index >= 15 is 0 Å².